The molecule has 0 unspecified atom stereocenters. The molecule has 118 valence electrons. The zero-order valence-corrected chi connectivity index (χ0v) is 13.7. The summed E-state index contributed by atoms with van der Waals surface area (Å²) >= 11 is 11.9. The first kappa shape index (κ1) is 15.9. The normalized spacial score (nSPS) is 13.8. The summed E-state index contributed by atoms with van der Waals surface area (Å²) in [4.78, 5) is 12.3. The fourth-order valence-corrected chi connectivity index (χ4v) is 2.69. The Labute approximate surface area is 144 Å². The third-order valence-corrected chi connectivity index (χ3v) is 3.97. The van der Waals surface area contributed by atoms with Crippen LogP contribution in [0.4, 0.5) is 0 Å². The fraction of sp³-hybridized carbons (Fsp3) is 0.167. The highest BCUT2D eigenvalue weighted by molar-refractivity contribution is 6.35. The summed E-state index contributed by atoms with van der Waals surface area (Å²) in [7, 11) is 0. The van der Waals surface area contributed by atoms with Crippen LogP contribution in [0.5, 0.6) is 11.5 Å². The molecule has 0 radical (unpaired) electrons. The van der Waals surface area contributed by atoms with Gasteiger partial charge in [-0.3, -0.25) is 4.79 Å². The van der Waals surface area contributed by atoms with Gasteiger partial charge in [0.25, 0.3) is 0 Å². The maximum Gasteiger partial charge on any atom is 0.185 e. The van der Waals surface area contributed by atoms with E-state index in [1.54, 1.807) is 42.5 Å². The summed E-state index contributed by atoms with van der Waals surface area (Å²) in [5.74, 6) is 1.14. The first-order chi connectivity index (χ1) is 11.1. The molecular weight excluding hydrogens is 335 g/mol. The van der Waals surface area contributed by atoms with E-state index in [-0.39, 0.29) is 5.78 Å². The van der Waals surface area contributed by atoms with Crippen LogP contribution in [0.15, 0.2) is 42.5 Å². The number of halogens is 2. The van der Waals surface area contributed by atoms with Crippen LogP contribution in [0.3, 0.4) is 0 Å². The molecule has 0 amide bonds. The van der Waals surface area contributed by atoms with Gasteiger partial charge in [-0.1, -0.05) is 29.3 Å². The summed E-state index contributed by atoms with van der Waals surface area (Å²) in [6.07, 6.45) is 3.98. The zero-order chi connectivity index (χ0) is 16.2. The largest absolute Gasteiger partial charge is 0.490 e. The minimum atomic E-state index is -0.133. The van der Waals surface area contributed by atoms with Crippen LogP contribution >= 0.6 is 23.2 Å². The van der Waals surface area contributed by atoms with Gasteiger partial charge in [-0.2, -0.15) is 0 Å². The highest BCUT2D eigenvalue weighted by atomic mass is 35.5. The van der Waals surface area contributed by atoms with Crippen LogP contribution in [0.2, 0.25) is 10.0 Å². The predicted molar refractivity (Wildman–Crippen MR) is 91.9 cm³/mol. The number of hydrogen-bond donors (Lipinski definition) is 0. The molecular formula is C18H14Cl2O3. The van der Waals surface area contributed by atoms with E-state index in [1.165, 1.54) is 6.08 Å². The Kier molecular flexibility index (Phi) is 4.89. The van der Waals surface area contributed by atoms with Crippen molar-refractivity contribution in [3.8, 4) is 11.5 Å². The van der Waals surface area contributed by atoms with E-state index in [1.807, 2.05) is 0 Å². The van der Waals surface area contributed by atoms with Crippen LogP contribution < -0.4 is 9.47 Å². The minimum absolute atomic E-state index is 0.133. The summed E-state index contributed by atoms with van der Waals surface area (Å²) in [6.45, 7) is 1.20. The third-order valence-electron chi connectivity index (χ3n) is 3.41. The number of carbonyl (C=O) groups is 1. The molecule has 1 heterocycles. The molecule has 0 saturated heterocycles. The summed E-state index contributed by atoms with van der Waals surface area (Å²) < 4.78 is 11.2. The van der Waals surface area contributed by atoms with E-state index < -0.39 is 0 Å². The Bertz CT molecular complexity index is 769. The van der Waals surface area contributed by atoms with Gasteiger partial charge in [-0.15, -0.1) is 0 Å². The molecule has 2 aromatic rings. The number of carbonyl (C=O) groups excluding carboxylic acids is 1. The Morgan fingerprint density at radius 1 is 1.00 bits per heavy atom. The topological polar surface area (TPSA) is 35.5 Å². The minimum Gasteiger partial charge on any atom is -0.490 e. The van der Waals surface area contributed by atoms with Crippen molar-refractivity contribution in [3.63, 3.8) is 0 Å². The first-order valence-corrected chi connectivity index (χ1v) is 7.96. The quantitative estimate of drug-likeness (QED) is 0.575. The van der Waals surface area contributed by atoms with Crippen LogP contribution in [-0.4, -0.2) is 19.0 Å². The van der Waals surface area contributed by atoms with Gasteiger partial charge in [0.15, 0.2) is 17.3 Å². The van der Waals surface area contributed by atoms with Gasteiger partial charge < -0.3 is 9.47 Å². The second-order valence-electron chi connectivity index (χ2n) is 5.08. The van der Waals surface area contributed by atoms with Crippen LogP contribution in [-0.2, 0) is 0 Å². The van der Waals surface area contributed by atoms with E-state index in [2.05, 4.69) is 0 Å². The van der Waals surface area contributed by atoms with Gasteiger partial charge in [0.2, 0.25) is 0 Å². The highest BCUT2D eigenvalue weighted by Crippen LogP contribution is 2.30. The molecule has 0 aromatic heterocycles. The lowest BCUT2D eigenvalue weighted by Crippen LogP contribution is -1.98. The molecule has 5 heteroatoms. The highest BCUT2D eigenvalue weighted by Gasteiger charge is 2.13. The maximum absolute atomic E-state index is 12.3. The van der Waals surface area contributed by atoms with Crippen LogP contribution in [0.25, 0.3) is 6.08 Å². The molecule has 0 aliphatic carbocycles. The molecule has 0 bridgehead atoms. The molecule has 1 aliphatic heterocycles. The van der Waals surface area contributed by atoms with Crippen molar-refractivity contribution in [1.29, 1.82) is 0 Å². The number of ketones is 1. The number of rotatable bonds is 3. The molecule has 0 spiro atoms. The summed E-state index contributed by atoms with van der Waals surface area (Å²) in [5, 5.41) is 1.06. The fourth-order valence-electron chi connectivity index (χ4n) is 2.21. The Balaban J connectivity index is 1.80. The Morgan fingerprint density at radius 2 is 1.78 bits per heavy atom. The Hall–Kier alpha value is -1.97. The standard InChI is InChI=1S/C18H14Cl2O3/c19-14-5-2-12(15(20)11-14)3-6-16(21)13-4-7-17-18(10-13)23-9-1-8-22-17/h2-7,10-11H,1,8-9H2. The van der Waals surface area contributed by atoms with Crippen molar-refractivity contribution in [1.82, 2.24) is 0 Å². The van der Waals surface area contributed by atoms with Gasteiger partial charge in [-0.25, -0.2) is 0 Å². The van der Waals surface area contributed by atoms with Crippen LogP contribution in [0.1, 0.15) is 22.3 Å². The second kappa shape index (κ2) is 7.07. The molecule has 1 aliphatic rings. The van der Waals surface area contributed by atoms with E-state index in [9.17, 15) is 4.79 Å². The maximum atomic E-state index is 12.3. The van der Waals surface area contributed by atoms with Gasteiger partial charge >= 0.3 is 0 Å². The molecule has 0 N–H and O–H groups in total. The van der Waals surface area contributed by atoms with E-state index in [0.29, 0.717) is 40.3 Å². The Morgan fingerprint density at radius 3 is 2.57 bits per heavy atom. The average Bonchev–Trinajstić information content (AvgIpc) is 2.78. The predicted octanol–water partition coefficient (Wildman–Crippen LogP) is 5.05. The third kappa shape index (κ3) is 3.87. The van der Waals surface area contributed by atoms with Crippen molar-refractivity contribution in [2.75, 3.05) is 13.2 Å². The van der Waals surface area contributed by atoms with Gasteiger partial charge in [0.05, 0.1) is 13.2 Å². The van der Waals surface area contributed by atoms with E-state index in [0.717, 1.165) is 12.0 Å². The molecule has 0 saturated carbocycles. The molecule has 23 heavy (non-hydrogen) atoms. The van der Waals surface area contributed by atoms with Crippen LogP contribution in [0, 0.1) is 0 Å². The summed E-state index contributed by atoms with van der Waals surface area (Å²) in [6, 6.07) is 10.3. The summed E-state index contributed by atoms with van der Waals surface area (Å²) in [5.41, 5.74) is 1.27. The number of ether oxygens (including phenoxy) is 2. The van der Waals surface area contributed by atoms with E-state index in [4.69, 9.17) is 32.7 Å². The van der Waals surface area contributed by atoms with Gasteiger partial charge in [-0.05, 0) is 48.0 Å². The molecule has 2 aromatic carbocycles. The number of allylic oxidation sites excluding steroid dienone is 1. The van der Waals surface area contributed by atoms with Gasteiger partial charge in [0, 0.05) is 22.0 Å². The molecule has 0 atom stereocenters. The molecule has 3 nitrogen and oxygen atoms in total. The molecule has 0 fully saturated rings. The van der Waals surface area contributed by atoms with Crippen molar-refractivity contribution < 1.29 is 14.3 Å². The number of hydrogen-bond acceptors (Lipinski definition) is 3. The van der Waals surface area contributed by atoms with Gasteiger partial charge in [0.1, 0.15) is 0 Å². The smallest absolute Gasteiger partial charge is 0.185 e. The zero-order valence-electron chi connectivity index (χ0n) is 12.2. The van der Waals surface area contributed by atoms with Crippen molar-refractivity contribution in [3.05, 3.63) is 63.6 Å². The number of fused-ring (bicyclic) bond motifs is 1. The number of benzene rings is 2. The van der Waals surface area contributed by atoms with E-state index >= 15 is 0 Å². The SMILES string of the molecule is O=C(C=Cc1ccc(Cl)cc1Cl)c1ccc2c(c1)OCCCO2. The second-order valence-corrected chi connectivity index (χ2v) is 5.92. The monoisotopic (exact) mass is 348 g/mol. The lowest BCUT2D eigenvalue weighted by molar-refractivity contribution is 0.104. The first-order valence-electron chi connectivity index (χ1n) is 7.20. The van der Waals surface area contributed by atoms with Crippen molar-refractivity contribution in [2.45, 2.75) is 6.42 Å². The van der Waals surface area contributed by atoms with Crippen molar-refractivity contribution in [2.24, 2.45) is 0 Å². The lowest BCUT2D eigenvalue weighted by Gasteiger charge is -2.07. The van der Waals surface area contributed by atoms with Crippen molar-refractivity contribution >= 4 is 35.1 Å². The lowest BCUT2D eigenvalue weighted by atomic mass is 10.1. The molecule has 3 rings (SSSR count). The average molecular weight is 349 g/mol.